The SMILES string of the molecule is C=CC1=C(C=C)N(C2CCN(C)C2)C(=O)CC1. The number of carbonyl (C=O) groups is 1. The van der Waals surface area contributed by atoms with Crippen LogP contribution in [0, 0.1) is 0 Å². The first-order chi connectivity index (χ1) is 8.17. The molecule has 2 aliphatic heterocycles. The molecule has 1 atom stereocenters. The van der Waals surface area contributed by atoms with E-state index in [9.17, 15) is 4.79 Å². The second-order valence-corrected chi connectivity index (χ2v) is 4.79. The molecule has 0 saturated carbocycles. The van der Waals surface area contributed by atoms with Crippen LogP contribution in [-0.4, -0.2) is 41.9 Å². The average molecular weight is 232 g/mol. The van der Waals surface area contributed by atoms with Crippen molar-refractivity contribution < 1.29 is 4.79 Å². The Kier molecular flexibility index (Phi) is 3.48. The van der Waals surface area contributed by atoms with Gasteiger partial charge < -0.3 is 9.80 Å². The zero-order valence-electron chi connectivity index (χ0n) is 10.5. The minimum Gasteiger partial charge on any atom is -0.308 e. The van der Waals surface area contributed by atoms with E-state index in [1.807, 2.05) is 11.0 Å². The summed E-state index contributed by atoms with van der Waals surface area (Å²) < 4.78 is 0. The van der Waals surface area contributed by atoms with E-state index in [4.69, 9.17) is 0 Å². The summed E-state index contributed by atoms with van der Waals surface area (Å²) in [6.45, 7) is 9.68. The zero-order chi connectivity index (χ0) is 12.4. The first kappa shape index (κ1) is 12.1. The highest BCUT2D eigenvalue weighted by Gasteiger charge is 2.33. The summed E-state index contributed by atoms with van der Waals surface area (Å²) in [6, 6.07) is 0.302. The second-order valence-electron chi connectivity index (χ2n) is 4.79. The average Bonchev–Trinajstić information content (AvgIpc) is 2.74. The Morgan fingerprint density at radius 2 is 2.06 bits per heavy atom. The number of rotatable bonds is 3. The van der Waals surface area contributed by atoms with Gasteiger partial charge in [0.2, 0.25) is 5.91 Å². The molecule has 2 heterocycles. The van der Waals surface area contributed by atoms with Gasteiger partial charge in [-0.15, -0.1) is 0 Å². The molecule has 92 valence electrons. The molecule has 1 fully saturated rings. The molecule has 0 aromatic carbocycles. The van der Waals surface area contributed by atoms with Gasteiger partial charge in [-0.25, -0.2) is 0 Å². The van der Waals surface area contributed by atoms with Gasteiger partial charge in [0.15, 0.2) is 0 Å². The van der Waals surface area contributed by atoms with E-state index < -0.39 is 0 Å². The molecular weight excluding hydrogens is 212 g/mol. The van der Waals surface area contributed by atoms with Crippen LogP contribution in [0.5, 0.6) is 0 Å². The monoisotopic (exact) mass is 232 g/mol. The molecule has 0 spiro atoms. The highest BCUT2D eigenvalue weighted by Crippen LogP contribution is 2.29. The molecule has 0 radical (unpaired) electrons. The summed E-state index contributed by atoms with van der Waals surface area (Å²) >= 11 is 0. The van der Waals surface area contributed by atoms with Gasteiger partial charge in [-0.2, -0.15) is 0 Å². The topological polar surface area (TPSA) is 23.6 Å². The zero-order valence-corrected chi connectivity index (χ0v) is 10.5. The number of amides is 1. The summed E-state index contributed by atoms with van der Waals surface area (Å²) in [5.74, 6) is 0.228. The molecule has 2 rings (SSSR count). The number of hydrogen-bond acceptors (Lipinski definition) is 2. The van der Waals surface area contributed by atoms with Gasteiger partial charge in [0, 0.05) is 18.7 Å². The molecule has 0 aliphatic carbocycles. The van der Waals surface area contributed by atoms with Gasteiger partial charge in [0.1, 0.15) is 0 Å². The summed E-state index contributed by atoms with van der Waals surface area (Å²) in [6.07, 6.45) is 6.09. The van der Waals surface area contributed by atoms with E-state index >= 15 is 0 Å². The van der Waals surface area contributed by atoms with Crippen LogP contribution >= 0.6 is 0 Å². The third-order valence-corrected chi connectivity index (χ3v) is 3.64. The van der Waals surface area contributed by atoms with Gasteiger partial charge in [-0.3, -0.25) is 4.79 Å². The van der Waals surface area contributed by atoms with Crippen LogP contribution in [0.3, 0.4) is 0 Å². The predicted octanol–water partition coefficient (Wildman–Crippen LogP) is 1.94. The fourth-order valence-corrected chi connectivity index (χ4v) is 2.74. The minimum absolute atomic E-state index is 0.228. The van der Waals surface area contributed by atoms with Crippen molar-refractivity contribution in [3.05, 3.63) is 36.6 Å². The van der Waals surface area contributed by atoms with Crippen LogP contribution in [0.1, 0.15) is 19.3 Å². The third kappa shape index (κ3) is 2.20. The van der Waals surface area contributed by atoms with E-state index in [1.165, 1.54) is 0 Å². The second kappa shape index (κ2) is 4.88. The number of likely N-dealkylation sites (tertiary alicyclic amines) is 1. The lowest BCUT2D eigenvalue weighted by Gasteiger charge is -2.34. The Morgan fingerprint density at radius 1 is 1.29 bits per heavy atom. The number of allylic oxidation sites excluding steroid dienone is 3. The number of carbonyl (C=O) groups excluding carboxylic acids is 1. The maximum absolute atomic E-state index is 12.1. The van der Waals surface area contributed by atoms with Gasteiger partial charge in [0.25, 0.3) is 0 Å². The Balaban J connectivity index is 2.31. The number of hydrogen-bond donors (Lipinski definition) is 0. The Labute approximate surface area is 103 Å². The molecular formula is C14H20N2O. The molecule has 1 saturated heterocycles. The molecule has 0 bridgehead atoms. The molecule has 3 heteroatoms. The molecule has 0 aromatic heterocycles. The molecule has 1 amide bonds. The van der Waals surface area contributed by atoms with Crippen molar-refractivity contribution in [1.29, 1.82) is 0 Å². The minimum atomic E-state index is 0.228. The lowest BCUT2D eigenvalue weighted by molar-refractivity contribution is -0.131. The van der Waals surface area contributed by atoms with Crippen molar-refractivity contribution in [2.75, 3.05) is 20.1 Å². The van der Waals surface area contributed by atoms with Gasteiger partial charge in [0.05, 0.1) is 6.04 Å². The van der Waals surface area contributed by atoms with Crippen LogP contribution in [-0.2, 0) is 4.79 Å². The van der Waals surface area contributed by atoms with Crippen molar-refractivity contribution in [1.82, 2.24) is 9.80 Å². The highest BCUT2D eigenvalue weighted by atomic mass is 16.2. The molecule has 17 heavy (non-hydrogen) atoms. The van der Waals surface area contributed by atoms with E-state index in [2.05, 4.69) is 25.1 Å². The Bertz CT molecular complexity index is 384. The van der Waals surface area contributed by atoms with E-state index in [0.717, 1.165) is 37.2 Å². The molecule has 0 aromatic rings. The van der Waals surface area contributed by atoms with Crippen LogP contribution < -0.4 is 0 Å². The van der Waals surface area contributed by atoms with Crippen LogP contribution in [0.15, 0.2) is 36.6 Å². The van der Waals surface area contributed by atoms with E-state index in [0.29, 0.717) is 12.5 Å². The third-order valence-electron chi connectivity index (χ3n) is 3.64. The van der Waals surface area contributed by atoms with Crippen LogP contribution in [0.2, 0.25) is 0 Å². The van der Waals surface area contributed by atoms with Crippen LogP contribution in [0.25, 0.3) is 0 Å². The molecule has 2 aliphatic rings. The lowest BCUT2D eigenvalue weighted by Crippen LogP contribution is -2.42. The summed E-state index contributed by atoms with van der Waals surface area (Å²) in [5.41, 5.74) is 2.12. The van der Waals surface area contributed by atoms with Crippen molar-refractivity contribution in [2.45, 2.75) is 25.3 Å². The first-order valence-corrected chi connectivity index (χ1v) is 6.16. The fourth-order valence-electron chi connectivity index (χ4n) is 2.74. The van der Waals surface area contributed by atoms with Crippen molar-refractivity contribution in [3.63, 3.8) is 0 Å². The smallest absolute Gasteiger partial charge is 0.227 e. The first-order valence-electron chi connectivity index (χ1n) is 6.16. The fraction of sp³-hybridized carbons (Fsp3) is 0.500. The summed E-state index contributed by atoms with van der Waals surface area (Å²) in [4.78, 5) is 16.3. The highest BCUT2D eigenvalue weighted by molar-refractivity contribution is 5.81. The number of nitrogens with zero attached hydrogens (tertiary/aromatic N) is 2. The Hall–Kier alpha value is -1.35. The number of likely N-dealkylation sites (N-methyl/N-ethyl adjacent to an activating group) is 1. The quantitative estimate of drug-likeness (QED) is 0.742. The maximum Gasteiger partial charge on any atom is 0.227 e. The van der Waals surface area contributed by atoms with Crippen molar-refractivity contribution in [3.8, 4) is 0 Å². The molecule has 0 N–H and O–H groups in total. The van der Waals surface area contributed by atoms with E-state index in [1.54, 1.807) is 6.08 Å². The normalized spacial score (nSPS) is 26.5. The Morgan fingerprint density at radius 3 is 2.59 bits per heavy atom. The van der Waals surface area contributed by atoms with Gasteiger partial charge in [-0.1, -0.05) is 19.2 Å². The molecule has 1 unspecified atom stereocenters. The molecule has 3 nitrogen and oxygen atoms in total. The summed E-state index contributed by atoms with van der Waals surface area (Å²) in [7, 11) is 2.10. The largest absolute Gasteiger partial charge is 0.308 e. The standard InChI is InChI=1S/C14H20N2O/c1-4-11-6-7-14(17)16(13(11)5-2)12-8-9-15(3)10-12/h4-5,12H,1-2,6-10H2,3H3. The lowest BCUT2D eigenvalue weighted by atomic mass is 9.99. The van der Waals surface area contributed by atoms with Crippen LogP contribution in [0.4, 0.5) is 0 Å². The van der Waals surface area contributed by atoms with Crippen molar-refractivity contribution >= 4 is 5.91 Å². The van der Waals surface area contributed by atoms with Crippen molar-refractivity contribution in [2.24, 2.45) is 0 Å². The summed E-state index contributed by atoms with van der Waals surface area (Å²) in [5, 5.41) is 0. The maximum atomic E-state index is 12.1. The predicted molar refractivity (Wildman–Crippen MR) is 69.4 cm³/mol. The van der Waals surface area contributed by atoms with Gasteiger partial charge in [-0.05, 0) is 38.1 Å². The van der Waals surface area contributed by atoms with E-state index in [-0.39, 0.29) is 5.91 Å². The van der Waals surface area contributed by atoms with Gasteiger partial charge >= 0.3 is 0 Å².